The molecular weight excluding hydrogens is 412 g/mol. The van der Waals surface area contributed by atoms with Gasteiger partial charge in [0, 0.05) is 11.8 Å². The quantitative estimate of drug-likeness (QED) is 0.280. The minimum Gasteiger partial charge on any atom is -0.256 e. The summed E-state index contributed by atoms with van der Waals surface area (Å²) in [5.41, 5.74) is 4.96. The van der Waals surface area contributed by atoms with E-state index in [0.29, 0.717) is 11.8 Å². The van der Waals surface area contributed by atoms with Gasteiger partial charge in [-0.3, -0.25) is 4.98 Å². The minimum atomic E-state index is -0.0907. The van der Waals surface area contributed by atoms with E-state index in [1.165, 1.54) is 68.1 Å². The number of pyridine rings is 1. The van der Waals surface area contributed by atoms with Crippen molar-refractivity contribution in [1.29, 1.82) is 5.26 Å². The Hall–Kier alpha value is -2.14. The van der Waals surface area contributed by atoms with Crippen LogP contribution in [0.4, 0.5) is 0 Å². The van der Waals surface area contributed by atoms with Gasteiger partial charge in [-0.1, -0.05) is 96.0 Å². The van der Waals surface area contributed by atoms with Gasteiger partial charge in [-0.05, 0) is 74.0 Å². The van der Waals surface area contributed by atoms with E-state index < -0.39 is 0 Å². The van der Waals surface area contributed by atoms with Gasteiger partial charge >= 0.3 is 0 Å². The SMILES string of the molecule is CCCCCCCCCc1ccc(-c2ccc(C3CCC(C#N)(C[C@@H](C)CC)CC3)cc2)nc1. The van der Waals surface area contributed by atoms with Gasteiger partial charge < -0.3 is 0 Å². The first-order valence-corrected chi connectivity index (χ1v) is 14.1. The molecule has 0 unspecified atom stereocenters. The molecule has 1 aromatic carbocycles. The molecule has 2 nitrogen and oxygen atoms in total. The number of hydrogen-bond acceptors (Lipinski definition) is 2. The van der Waals surface area contributed by atoms with Crippen molar-refractivity contribution in [1.82, 2.24) is 4.98 Å². The third-order valence-corrected chi connectivity index (χ3v) is 8.19. The maximum Gasteiger partial charge on any atom is 0.0702 e. The molecule has 1 aliphatic carbocycles. The highest BCUT2D eigenvalue weighted by Crippen LogP contribution is 2.46. The van der Waals surface area contributed by atoms with Crippen molar-refractivity contribution in [3.63, 3.8) is 0 Å². The second-order valence-corrected chi connectivity index (χ2v) is 10.9. The second-order valence-electron chi connectivity index (χ2n) is 10.9. The Balaban J connectivity index is 1.48. The fourth-order valence-corrected chi connectivity index (χ4v) is 5.63. The van der Waals surface area contributed by atoms with Crippen LogP contribution in [0.25, 0.3) is 11.3 Å². The highest BCUT2D eigenvalue weighted by Gasteiger charge is 2.36. The van der Waals surface area contributed by atoms with E-state index >= 15 is 0 Å². The Bertz CT molecular complexity index is 867. The summed E-state index contributed by atoms with van der Waals surface area (Å²) in [6.45, 7) is 6.80. The van der Waals surface area contributed by atoms with Gasteiger partial charge in [0.2, 0.25) is 0 Å². The second kappa shape index (κ2) is 13.7. The average Bonchev–Trinajstić information content (AvgIpc) is 2.89. The van der Waals surface area contributed by atoms with Crippen LogP contribution in [0.1, 0.15) is 121 Å². The first kappa shape index (κ1) is 26.5. The maximum atomic E-state index is 9.87. The summed E-state index contributed by atoms with van der Waals surface area (Å²) in [4.78, 5) is 4.76. The molecule has 0 N–H and O–H groups in total. The van der Waals surface area contributed by atoms with E-state index in [-0.39, 0.29) is 5.41 Å². The molecule has 1 fully saturated rings. The molecule has 1 aromatic heterocycles. The highest BCUT2D eigenvalue weighted by atomic mass is 14.7. The number of unbranched alkanes of at least 4 members (excludes halogenated alkanes) is 6. The third kappa shape index (κ3) is 7.69. The monoisotopic (exact) mass is 458 g/mol. The van der Waals surface area contributed by atoms with Crippen LogP contribution in [0.5, 0.6) is 0 Å². The van der Waals surface area contributed by atoms with Gasteiger partial charge in [-0.2, -0.15) is 5.26 Å². The topological polar surface area (TPSA) is 36.7 Å². The largest absolute Gasteiger partial charge is 0.256 e. The molecule has 0 saturated heterocycles. The number of rotatable bonds is 13. The Morgan fingerprint density at radius 3 is 2.21 bits per heavy atom. The van der Waals surface area contributed by atoms with Gasteiger partial charge in [0.1, 0.15) is 0 Å². The Labute approximate surface area is 209 Å². The first-order chi connectivity index (χ1) is 16.6. The molecular formula is C32H46N2. The van der Waals surface area contributed by atoms with Crippen molar-refractivity contribution in [2.75, 3.05) is 0 Å². The summed E-state index contributed by atoms with van der Waals surface area (Å²) < 4.78 is 0. The van der Waals surface area contributed by atoms with E-state index in [0.717, 1.165) is 44.2 Å². The highest BCUT2D eigenvalue weighted by molar-refractivity contribution is 5.59. The van der Waals surface area contributed by atoms with Crippen molar-refractivity contribution < 1.29 is 0 Å². The lowest BCUT2D eigenvalue weighted by atomic mass is 9.66. The summed E-state index contributed by atoms with van der Waals surface area (Å²) >= 11 is 0. The third-order valence-electron chi connectivity index (χ3n) is 8.19. The molecule has 0 spiro atoms. The molecule has 184 valence electrons. The van der Waals surface area contributed by atoms with Crippen LogP contribution in [-0.4, -0.2) is 4.98 Å². The number of nitriles is 1. The minimum absolute atomic E-state index is 0.0907. The number of aromatic nitrogens is 1. The smallest absolute Gasteiger partial charge is 0.0702 e. The number of benzene rings is 1. The van der Waals surface area contributed by atoms with Crippen LogP contribution in [-0.2, 0) is 6.42 Å². The van der Waals surface area contributed by atoms with Crippen molar-refractivity contribution in [3.8, 4) is 17.3 Å². The zero-order valence-electron chi connectivity index (χ0n) is 22.0. The van der Waals surface area contributed by atoms with E-state index in [1.807, 2.05) is 0 Å². The van der Waals surface area contributed by atoms with Crippen LogP contribution < -0.4 is 0 Å². The Morgan fingerprint density at radius 2 is 1.62 bits per heavy atom. The lowest BCUT2D eigenvalue weighted by molar-refractivity contribution is 0.198. The van der Waals surface area contributed by atoms with E-state index in [1.54, 1.807) is 0 Å². The van der Waals surface area contributed by atoms with Crippen LogP contribution in [0.3, 0.4) is 0 Å². The summed E-state index contributed by atoms with van der Waals surface area (Å²) in [7, 11) is 0. The molecule has 1 aliphatic rings. The zero-order chi connectivity index (χ0) is 24.2. The molecule has 1 atom stereocenters. The predicted molar refractivity (Wildman–Crippen MR) is 145 cm³/mol. The van der Waals surface area contributed by atoms with Crippen molar-refractivity contribution in [2.45, 2.75) is 117 Å². The first-order valence-electron chi connectivity index (χ1n) is 14.1. The van der Waals surface area contributed by atoms with Crippen LogP contribution in [0.15, 0.2) is 42.6 Å². The summed E-state index contributed by atoms with van der Waals surface area (Å²) in [5, 5.41) is 9.87. The van der Waals surface area contributed by atoms with Crippen molar-refractivity contribution >= 4 is 0 Å². The van der Waals surface area contributed by atoms with Crippen molar-refractivity contribution in [3.05, 3.63) is 53.7 Å². The summed E-state index contributed by atoms with van der Waals surface area (Å²) in [5.74, 6) is 1.23. The van der Waals surface area contributed by atoms with Gasteiger partial charge in [-0.25, -0.2) is 0 Å². The van der Waals surface area contributed by atoms with E-state index in [2.05, 4.69) is 69.4 Å². The maximum absolute atomic E-state index is 9.87. The zero-order valence-corrected chi connectivity index (χ0v) is 22.0. The number of aryl methyl sites for hydroxylation is 1. The fraction of sp³-hybridized carbons (Fsp3) is 0.625. The molecule has 1 saturated carbocycles. The molecule has 0 radical (unpaired) electrons. The van der Waals surface area contributed by atoms with Crippen LogP contribution in [0, 0.1) is 22.7 Å². The van der Waals surface area contributed by atoms with E-state index in [9.17, 15) is 5.26 Å². The lowest BCUT2D eigenvalue weighted by Crippen LogP contribution is -2.27. The predicted octanol–water partition coefficient (Wildman–Crippen LogP) is 9.65. The normalized spacial score (nSPS) is 21.2. The standard InChI is InChI=1S/C32H46N2/c1-4-6-7-8-9-10-11-12-27-13-18-31(34-24-27)30-16-14-28(15-17-30)29-19-21-32(25-33,22-20-29)23-26(3)5-2/h13-18,24,26,29H,4-12,19-23H2,1-3H3/t26-,29?,32?/m0/s1. The van der Waals surface area contributed by atoms with Gasteiger partial charge in [0.05, 0.1) is 17.2 Å². The molecule has 3 rings (SSSR count). The average molecular weight is 459 g/mol. The summed E-state index contributed by atoms with van der Waals surface area (Å²) in [6, 6.07) is 16.2. The van der Waals surface area contributed by atoms with E-state index in [4.69, 9.17) is 4.98 Å². The molecule has 2 heteroatoms. The number of hydrogen-bond donors (Lipinski definition) is 0. The van der Waals surface area contributed by atoms with Crippen LogP contribution >= 0.6 is 0 Å². The Kier molecular flexibility index (Phi) is 10.6. The lowest BCUT2D eigenvalue weighted by Gasteiger charge is -2.36. The molecule has 0 amide bonds. The molecule has 0 bridgehead atoms. The fourth-order valence-electron chi connectivity index (χ4n) is 5.63. The molecule has 34 heavy (non-hydrogen) atoms. The summed E-state index contributed by atoms with van der Waals surface area (Å²) in [6.07, 6.45) is 19.3. The molecule has 0 aliphatic heterocycles. The Morgan fingerprint density at radius 1 is 0.941 bits per heavy atom. The number of nitrogens with zero attached hydrogens (tertiary/aromatic N) is 2. The van der Waals surface area contributed by atoms with Gasteiger partial charge in [0.15, 0.2) is 0 Å². The van der Waals surface area contributed by atoms with Gasteiger partial charge in [0.25, 0.3) is 0 Å². The molecule has 1 heterocycles. The van der Waals surface area contributed by atoms with Gasteiger partial charge in [-0.15, -0.1) is 0 Å². The molecule has 2 aromatic rings. The van der Waals surface area contributed by atoms with Crippen molar-refractivity contribution in [2.24, 2.45) is 11.3 Å². The van der Waals surface area contributed by atoms with Crippen LogP contribution in [0.2, 0.25) is 0 Å².